The van der Waals surface area contributed by atoms with Gasteiger partial charge in [0.05, 0.1) is 12.0 Å². The summed E-state index contributed by atoms with van der Waals surface area (Å²) in [6.07, 6.45) is 1.26. The molecule has 0 bridgehead atoms. The highest BCUT2D eigenvalue weighted by Crippen LogP contribution is 2.29. The van der Waals surface area contributed by atoms with E-state index in [4.69, 9.17) is 10.00 Å². The highest BCUT2D eigenvalue weighted by Gasteiger charge is 2.14. The molecule has 0 fully saturated rings. The van der Waals surface area contributed by atoms with Gasteiger partial charge in [-0.25, -0.2) is 0 Å². The number of nitriles is 1. The van der Waals surface area contributed by atoms with Gasteiger partial charge in [-0.1, -0.05) is 0 Å². The fraction of sp³-hybridized carbons (Fsp3) is 0.0909. The third-order valence-corrected chi connectivity index (χ3v) is 2.48. The number of hydrogen-bond donors (Lipinski definition) is 2. The molecule has 2 aromatic rings. The van der Waals surface area contributed by atoms with Crippen LogP contribution in [0.4, 0.5) is 11.4 Å². The van der Waals surface area contributed by atoms with Crippen LogP contribution in [-0.2, 0) is 0 Å². The van der Waals surface area contributed by atoms with Crippen molar-refractivity contribution >= 4 is 16.9 Å². The number of nitro groups is 1. The van der Waals surface area contributed by atoms with Gasteiger partial charge in [-0.05, 0) is 11.3 Å². The van der Waals surface area contributed by atoms with Crippen molar-refractivity contribution in [2.24, 2.45) is 0 Å². The summed E-state index contributed by atoms with van der Waals surface area (Å²) in [6.45, 7) is 0. The maximum atomic E-state index is 11.0. The number of benzene rings is 1. The second-order valence-electron chi connectivity index (χ2n) is 3.69. The molecule has 0 atom stereocenters. The number of methoxy groups -OCH3 is 1. The lowest BCUT2D eigenvalue weighted by Crippen LogP contribution is -1.98. The van der Waals surface area contributed by atoms with Crippen LogP contribution in [0.2, 0.25) is 0 Å². The molecule has 1 heterocycles. The Hall–Kier alpha value is -3.48. The molecule has 0 saturated carbocycles. The van der Waals surface area contributed by atoms with Crippen molar-refractivity contribution in [3.63, 3.8) is 0 Å². The summed E-state index contributed by atoms with van der Waals surface area (Å²) in [5.74, 6) is 0.519. The predicted molar refractivity (Wildman–Crippen MR) is 71.0 cm³/mol. The van der Waals surface area contributed by atoms with Crippen LogP contribution in [0.25, 0.3) is 5.57 Å². The molecule has 0 aliphatic carbocycles. The molecule has 0 spiro atoms. The first-order valence-corrected chi connectivity index (χ1v) is 5.58. The highest BCUT2D eigenvalue weighted by molar-refractivity contribution is 5.76. The normalized spacial score (nSPS) is 10.8. The van der Waals surface area contributed by atoms with E-state index in [-0.39, 0.29) is 22.8 Å². The van der Waals surface area contributed by atoms with Crippen molar-refractivity contribution < 1.29 is 9.66 Å². The number of aromatic amines is 1. The number of hydrogen-bond acceptors (Lipinski definition) is 8. The third-order valence-electron chi connectivity index (χ3n) is 2.48. The van der Waals surface area contributed by atoms with Crippen LogP contribution in [0, 0.1) is 21.4 Å². The number of nitrogens with one attached hydrogen (secondary N) is 2. The molecule has 0 aliphatic heterocycles. The van der Waals surface area contributed by atoms with Crippen LogP contribution in [0.15, 0.2) is 24.4 Å². The molecule has 10 heteroatoms. The van der Waals surface area contributed by atoms with Gasteiger partial charge in [0.15, 0.2) is 0 Å². The topological polar surface area (TPSA) is 143 Å². The molecule has 2 N–H and O–H groups in total. The van der Waals surface area contributed by atoms with Crippen LogP contribution in [-0.4, -0.2) is 32.7 Å². The molecule has 0 aliphatic rings. The fourth-order valence-electron chi connectivity index (χ4n) is 1.49. The second kappa shape index (κ2) is 6.11. The summed E-state index contributed by atoms with van der Waals surface area (Å²) in [6, 6.07) is 6.08. The number of H-pyrrole nitrogens is 1. The van der Waals surface area contributed by atoms with Gasteiger partial charge in [0.25, 0.3) is 5.69 Å². The maximum Gasteiger partial charge on any atom is 0.292 e. The third kappa shape index (κ3) is 3.10. The minimum atomic E-state index is -0.546. The van der Waals surface area contributed by atoms with Crippen molar-refractivity contribution in [1.29, 1.82) is 5.26 Å². The van der Waals surface area contributed by atoms with Crippen LogP contribution in [0.5, 0.6) is 5.75 Å². The largest absolute Gasteiger partial charge is 0.497 e. The van der Waals surface area contributed by atoms with Gasteiger partial charge in [0.2, 0.25) is 5.82 Å². The van der Waals surface area contributed by atoms with Gasteiger partial charge in [-0.15, -0.1) is 10.2 Å². The lowest BCUT2D eigenvalue weighted by Gasteiger charge is -2.05. The van der Waals surface area contributed by atoms with Gasteiger partial charge in [-0.3, -0.25) is 10.1 Å². The molecule has 1 aromatic carbocycles. The average Bonchev–Trinajstić information content (AvgIpc) is 3.01. The number of aromatic nitrogens is 4. The first kappa shape index (κ1) is 13.9. The first-order chi connectivity index (χ1) is 10.2. The molecule has 1 aromatic heterocycles. The molecule has 0 radical (unpaired) electrons. The Morgan fingerprint density at radius 2 is 2.43 bits per heavy atom. The van der Waals surface area contributed by atoms with Crippen molar-refractivity contribution in [3.8, 4) is 11.8 Å². The van der Waals surface area contributed by atoms with Crippen molar-refractivity contribution in [1.82, 2.24) is 20.6 Å². The first-order valence-electron chi connectivity index (χ1n) is 5.58. The van der Waals surface area contributed by atoms with Crippen LogP contribution < -0.4 is 10.1 Å². The van der Waals surface area contributed by atoms with E-state index in [1.54, 1.807) is 0 Å². The fourth-order valence-corrected chi connectivity index (χ4v) is 1.49. The van der Waals surface area contributed by atoms with Crippen LogP contribution in [0.3, 0.4) is 0 Å². The monoisotopic (exact) mass is 287 g/mol. The molecular weight excluding hydrogens is 278 g/mol. The lowest BCUT2D eigenvalue weighted by atomic mass is 10.2. The van der Waals surface area contributed by atoms with Crippen molar-refractivity contribution in [2.45, 2.75) is 0 Å². The molecule has 21 heavy (non-hydrogen) atoms. The SMILES string of the molecule is COc1ccc([N+](=O)[O-])c(NC=C(C#N)c2nn[nH]n2)c1. The number of allylic oxidation sites excluding steroid dienone is 1. The van der Waals surface area contributed by atoms with E-state index in [1.165, 1.54) is 31.5 Å². The Labute approximate surface area is 118 Å². The minimum absolute atomic E-state index is 0.0702. The summed E-state index contributed by atoms with van der Waals surface area (Å²) in [5, 5.41) is 35.5. The Morgan fingerprint density at radius 3 is 3.00 bits per heavy atom. The molecule has 10 nitrogen and oxygen atoms in total. The summed E-state index contributed by atoms with van der Waals surface area (Å²) in [4.78, 5) is 10.4. The number of ether oxygens (including phenoxy) is 1. The number of anilines is 1. The summed E-state index contributed by atoms with van der Waals surface area (Å²) >= 11 is 0. The van der Waals surface area contributed by atoms with E-state index in [9.17, 15) is 10.1 Å². The zero-order valence-electron chi connectivity index (χ0n) is 10.8. The van der Waals surface area contributed by atoms with Gasteiger partial charge >= 0.3 is 0 Å². The summed E-state index contributed by atoms with van der Waals surface area (Å²) in [5.41, 5.74) is 0.0916. The van der Waals surface area contributed by atoms with Crippen LogP contribution in [0.1, 0.15) is 5.82 Å². The molecule has 0 saturated heterocycles. The number of nitrogens with zero attached hydrogens (tertiary/aromatic N) is 5. The molecule has 2 rings (SSSR count). The molecule has 0 amide bonds. The Balaban J connectivity index is 2.34. The Morgan fingerprint density at radius 1 is 1.62 bits per heavy atom. The van der Waals surface area contributed by atoms with Crippen molar-refractivity contribution in [3.05, 3.63) is 40.3 Å². The zero-order chi connectivity index (χ0) is 15.2. The van der Waals surface area contributed by atoms with E-state index in [0.717, 1.165) is 0 Å². The number of tetrazole rings is 1. The second-order valence-corrected chi connectivity index (χ2v) is 3.69. The van der Waals surface area contributed by atoms with E-state index < -0.39 is 4.92 Å². The lowest BCUT2D eigenvalue weighted by molar-refractivity contribution is -0.383. The predicted octanol–water partition coefficient (Wildman–Crippen LogP) is 1.09. The van der Waals surface area contributed by atoms with E-state index in [2.05, 4.69) is 25.9 Å². The van der Waals surface area contributed by atoms with E-state index in [1.807, 2.05) is 6.07 Å². The van der Waals surface area contributed by atoms with E-state index >= 15 is 0 Å². The van der Waals surface area contributed by atoms with Gasteiger partial charge in [0, 0.05) is 18.3 Å². The Bertz CT molecular complexity index is 718. The average molecular weight is 287 g/mol. The molecular formula is C11H9N7O3. The smallest absolute Gasteiger partial charge is 0.292 e. The van der Waals surface area contributed by atoms with Crippen LogP contribution >= 0.6 is 0 Å². The number of nitro benzene ring substituents is 1. The standard InChI is InChI=1S/C11H9N7O3/c1-21-8-2-3-10(18(19)20)9(4-8)13-6-7(5-12)11-14-16-17-15-11/h2-4,6,13H,1H3,(H,14,15,16,17). The van der Waals surface area contributed by atoms with Crippen molar-refractivity contribution in [2.75, 3.05) is 12.4 Å². The molecule has 106 valence electrons. The summed E-state index contributed by atoms with van der Waals surface area (Å²) < 4.78 is 5.01. The van der Waals surface area contributed by atoms with Gasteiger partial charge in [-0.2, -0.15) is 10.5 Å². The molecule has 0 unspecified atom stereocenters. The zero-order valence-corrected chi connectivity index (χ0v) is 10.8. The summed E-state index contributed by atoms with van der Waals surface area (Å²) in [7, 11) is 1.45. The van der Waals surface area contributed by atoms with Gasteiger partial charge in [0.1, 0.15) is 23.1 Å². The van der Waals surface area contributed by atoms with Gasteiger partial charge < -0.3 is 10.1 Å². The van der Waals surface area contributed by atoms with E-state index in [0.29, 0.717) is 5.75 Å². The quantitative estimate of drug-likeness (QED) is 0.472. The Kier molecular flexibility index (Phi) is 4.06. The maximum absolute atomic E-state index is 11.0. The minimum Gasteiger partial charge on any atom is -0.497 e. The number of rotatable bonds is 5. The highest BCUT2D eigenvalue weighted by atomic mass is 16.6.